The first kappa shape index (κ1) is 21.9. The lowest BCUT2D eigenvalue weighted by Gasteiger charge is -2.30. The molecule has 3 aromatic rings. The van der Waals surface area contributed by atoms with Crippen molar-refractivity contribution in [2.24, 2.45) is 5.92 Å². The molecule has 1 saturated carbocycles. The van der Waals surface area contributed by atoms with Gasteiger partial charge in [-0.2, -0.15) is 13.2 Å². The average Bonchev–Trinajstić information content (AvgIpc) is 3.08. The first-order valence-corrected chi connectivity index (χ1v) is 10.6. The lowest BCUT2D eigenvalue weighted by molar-refractivity contribution is -0.185. The Morgan fingerprint density at radius 2 is 1.97 bits per heavy atom. The number of rotatable bonds is 5. The molecule has 0 atom stereocenters. The van der Waals surface area contributed by atoms with Crippen LogP contribution in [0.1, 0.15) is 31.4 Å². The Morgan fingerprint density at radius 3 is 2.65 bits per heavy atom. The van der Waals surface area contributed by atoms with Crippen LogP contribution in [-0.4, -0.2) is 38.5 Å². The number of ether oxygens (including phenoxy) is 1. The molecule has 0 bridgehead atoms. The monoisotopic (exact) mass is 453 g/mol. The fourth-order valence-electron chi connectivity index (χ4n) is 4.24. The van der Waals surface area contributed by atoms with E-state index in [4.69, 9.17) is 16.3 Å². The molecule has 1 N–H and O–H groups in total. The van der Waals surface area contributed by atoms with E-state index >= 15 is 0 Å². The van der Waals surface area contributed by atoms with E-state index in [9.17, 15) is 18.3 Å². The topological polar surface area (TPSA) is 60.2 Å². The smallest absolute Gasteiger partial charge is 0.391 e. The van der Waals surface area contributed by atoms with Crippen molar-refractivity contribution in [3.63, 3.8) is 0 Å². The van der Waals surface area contributed by atoms with Crippen molar-refractivity contribution in [1.29, 1.82) is 0 Å². The van der Waals surface area contributed by atoms with Gasteiger partial charge in [0.2, 0.25) is 0 Å². The third kappa shape index (κ3) is 4.65. The number of aromatic nitrogens is 3. The Bertz CT molecular complexity index is 1080. The first-order chi connectivity index (χ1) is 14.8. The molecule has 0 aromatic carbocycles. The van der Waals surface area contributed by atoms with Crippen LogP contribution < -0.4 is 4.74 Å². The standard InChI is InChI=1S/C22H23ClF3N3O2/c1-13-10-16(31-15-4-2-14(3-5-15)22(24,25)26)11-18(28-13)17-12-29(8-9-30)19-6-7-27-21(23)20(17)19/h6-7,10-12,14-15,30H,2-5,8-9H2,1H3. The lowest BCUT2D eigenvalue weighted by Crippen LogP contribution is -2.31. The minimum Gasteiger partial charge on any atom is -0.490 e. The first-order valence-electron chi connectivity index (χ1n) is 10.2. The molecular formula is C22H23ClF3N3O2. The van der Waals surface area contributed by atoms with Gasteiger partial charge in [-0.3, -0.25) is 4.98 Å². The third-order valence-corrected chi connectivity index (χ3v) is 6.02. The summed E-state index contributed by atoms with van der Waals surface area (Å²) < 4.78 is 46.7. The zero-order valence-corrected chi connectivity index (χ0v) is 17.7. The molecule has 3 heterocycles. The van der Waals surface area contributed by atoms with Gasteiger partial charge in [-0.25, -0.2) is 4.98 Å². The molecule has 4 rings (SSSR count). The second-order valence-electron chi connectivity index (χ2n) is 7.92. The molecule has 0 unspecified atom stereocenters. The summed E-state index contributed by atoms with van der Waals surface area (Å²) in [5, 5.41) is 10.5. The quantitative estimate of drug-likeness (QED) is 0.514. The summed E-state index contributed by atoms with van der Waals surface area (Å²) >= 11 is 6.37. The minimum absolute atomic E-state index is 0.0284. The van der Waals surface area contributed by atoms with Crippen LogP contribution in [-0.2, 0) is 6.54 Å². The normalized spacial score (nSPS) is 19.7. The van der Waals surface area contributed by atoms with Crippen molar-refractivity contribution in [3.05, 3.63) is 41.4 Å². The molecule has 166 valence electrons. The van der Waals surface area contributed by atoms with Gasteiger partial charge in [0.1, 0.15) is 10.9 Å². The van der Waals surface area contributed by atoms with Gasteiger partial charge in [-0.05, 0) is 38.7 Å². The van der Waals surface area contributed by atoms with Crippen LogP contribution in [0.15, 0.2) is 30.6 Å². The van der Waals surface area contributed by atoms with Crippen molar-refractivity contribution in [2.75, 3.05) is 6.61 Å². The molecule has 1 aliphatic carbocycles. The summed E-state index contributed by atoms with van der Waals surface area (Å²) in [6.07, 6.45) is -0.0106. The van der Waals surface area contributed by atoms with Gasteiger partial charge in [0.25, 0.3) is 0 Å². The highest BCUT2D eigenvalue weighted by Crippen LogP contribution is 2.39. The maximum atomic E-state index is 12.9. The van der Waals surface area contributed by atoms with Crippen molar-refractivity contribution in [3.8, 4) is 17.0 Å². The van der Waals surface area contributed by atoms with E-state index in [0.717, 1.165) is 22.2 Å². The summed E-state index contributed by atoms with van der Waals surface area (Å²) in [4.78, 5) is 8.79. The maximum Gasteiger partial charge on any atom is 0.391 e. The Labute approximate surface area is 182 Å². The molecular weight excluding hydrogens is 431 g/mol. The van der Waals surface area contributed by atoms with Crippen molar-refractivity contribution in [2.45, 2.75) is 51.4 Å². The minimum atomic E-state index is -4.14. The molecule has 1 aliphatic rings. The number of hydrogen-bond acceptors (Lipinski definition) is 4. The largest absolute Gasteiger partial charge is 0.490 e. The van der Waals surface area contributed by atoms with Crippen LogP contribution in [0, 0.1) is 12.8 Å². The predicted molar refractivity (Wildman–Crippen MR) is 112 cm³/mol. The lowest BCUT2D eigenvalue weighted by atomic mass is 9.87. The number of hydrogen-bond donors (Lipinski definition) is 1. The Hall–Kier alpha value is -2.32. The summed E-state index contributed by atoms with van der Waals surface area (Å²) in [6.45, 7) is 2.21. The molecule has 0 aliphatic heterocycles. The van der Waals surface area contributed by atoms with Gasteiger partial charge in [0, 0.05) is 47.7 Å². The molecule has 1 fully saturated rings. The van der Waals surface area contributed by atoms with Crippen LogP contribution >= 0.6 is 11.6 Å². The van der Waals surface area contributed by atoms with Crippen LogP contribution in [0.5, 0.6) is 5.75 Å². The summed E-state index contributed by atoms with van der Waals surface area (Å²) in [6, 6.07) is 5.39. The highest BCUT2D eigenvalue weighted by atomic mass is 35.5. The fraction of sp³-hybridized carbons (Fsp3) is 0.455. The van der Waals surface area contributed by atoms with Crippen molar-refractivity contribution >= 4 is 22.5 Å². The predicted octanol–water partition coefficient (Wildman–Crippen LogP) is 5.55. The Balaban J connectivity index is 1.62. The molecule has 0 spiro atoms. The van der Waals surface area contributed by atoms with Gasteiger partial charge in [0.05, 0.1) is 29.8 Å². The summed E-state index contributed by atoms with van der Waals surface area (Å²) in [5.74, 6) is -0.671. The van der Waals surface area contributed by atoms with Gasteiger partial charge in [-0.15, -0.1) is 0 Å². The number of pyridine rings is 2. The van der Waals surface area contributed by atoms with Gasteiger partial charge < -0.3 is 14.4 Å². The molecule has 0 amide bonds. The van der Waals surface area contributed by atoms with Crippen molar-refractivity contribution in [1.82, 2.24) is 14.5 Å². The highest BCUT2D eigenvalue weighted by molar-refractivity contribution is 6.35. The van der Waals surface area contributed by atoms with E-state index in [1.54, 1.807) is 18.3 Å². The number of aliphatic hydroxyl groups excluding tert-OH is 1. The number of halogens is 4. The number of alkyl halides is 3. The number of aryl methyl sites for hydroxylation is 1. The number of aliphatic hydroxyl groups is 1. The Kier molecular flexibility index (Phi) is 6.12. The zero-order valence-electron chi connectivity index (χ0n) is 17.0. The molecule has 0 saturated heterocycles. The van der Waals surface area contributed by atoms with E-state index in [2.05, 4.69) is 9.97 Å². The van der Waals surface area contributed by atoms with Gasteiger partial charge >= 0.3 is 6.18 Å². The van der Waals surface area contributed by atoms with Crippen LogP contribution in [0.2, 0.25) is 5.15 Å². The van der Waals surface area contributed by atoms with Crippen LogP contribution in [0.25, 0.3) is 22.2 Å². The van der Waals surface area contributed by atoms with E-state index < -0.39 is 12.1 Å². The van der Waals surface area contributed by atoms with Crippen molar-refractivity contribution < 1.29 is 23.0 Å². The van der Waals surface area contributed by atoms with Crippen LogP contribution in [0.3, 0.4) is 0 Å². The average molecular weight is 454 g/mol. The number of fused-ring (bicyclic) bond motifs is 1. The maximum absolute atomic E-state index is 12.9. The molecule has 5 nitrogen and oxygen atoms in total. The second kappa shape index (κ2) is 8.67. The fourth-order valence-corrected chi connectivity index (χ4v) is 4.49. The van der Waals surface area contributed by atoms with Gasteiger partial charge in [0.15, 0.2) is 0 Å². The molecule has 3 aromatic heterocycles. The molecule has 0 radical (unpaired) electrons. The van der Waals surface area contributed by atoms with Crippen LogP contribution in [0.4, 0.5) is 13.2 Å². The third-order valence-electron chi connectivity index (χ3n) is 5.73. The van der Waals surface area contributed by atoms with E-state index in [1.807, 2.05) is 23.8 Å². The number of nitrogens with zero attached hydrogens (tertiary/aromatic N) is 3. The van der Waals surface area contributed by atoms with E-state index in [0.29, 0.717) is 36.0 Å². The molecule has 31 heavy (non-hydrogen) atoms. The van der Waals surface area contributed by atoms with Gasteiger partial charge in [-0.1, -0.05) is 11.6 Å². The van der Waals surface area contributed by atoms with E-state index in [1.165, 1.54) is 0 Å². The summed E-state index contributed by atoms with van der Waals surface area (Å²) in [5.41, 5.74) is 2.95. The highest BCUT2D eigenvalue weighted by Gasteiger charge is 2.41. The summed E-state index contributed by atoms with van der Waals surface area (Å²) in [7, 11) is 0. The SMILES string of the molecule is Cc1cc(OC2CCC(C(F)(F)F)CC2)cc(-c2cn(CCO)c3ccnc(Cl)c23)n1. The second-order valence-corrected chi connectivity index (χ2v) is 8.28. The zero-order chi connectivity index (χ0) is 22.2. The van der Waals surface area contributed by atoms with E-state index in [-0.39, 0.29) is 25.6 Å². The Morgan fingerprint density at radius 1 is 1.23 bits per heavy atom. The molecule has 9 heteroatoms.